The molecule has 4 nitrogen and oxygen atoms in total. The number of benzene rings is 2. The summed E-state index contributed by atoms with van der Waals surface area (Å²) in [5.41, 5.74) is 1.98. The average molecular weight is 357 g/mol. The van der Waals surface area contributed by atoms with Crippen molar-refractivity contribution in [2.75, 3.05) is 26.9 Å². The lowest BCUT2D eigenvalue weighted by Gasteiger charge is -2.26. The van der Waals surface area contributed by atoms with E-state index in [0.29, 0.717) is 32.7 Å². The zero-order valence-corrected chi connectivity index (χ0v) is 15.0. The van der Waals surface area contributed by atoms with E-state index in [9.17, 15) is 9.18 Å². The number of carbonyl (C=O) groups is 1. The molecule has 138 valence electrons. The Hall–Kier alpha value is -2.40. The predicted octanol–water partition coefficient (Wildman–Crippen LogP) is 3.44. The van der Waals surface area contributed by atoms with Crippen LogP contribution in [0.15, 0.2) is 48.5 Å². The van der Waals surface area contributed by atoms with Crippen molar-refractivity contribution < 1.29 is 18.7 Å². The smallest absolute Gasteiger partial charge is 0.228 e. The van der Waals surface area contributed by atoms with Gasteiger partial charge in [0, 0.05) is 25.3 Å². The van der Waals surface area contributed by atoms with Crippen molar-refractivity contribution in [1.29, 1.82) is 0 Å². The third kappa shape index (κ3) is 4.61. The van der Waals surface area contributed by atoms with Crippen molar-refractivity contribution in [3.8, 4) is 5.75 Å². The summed E-state index contributed by atoms with van der Waals surface area (Å²) in [5.74, 6) is 0.544. The lowest BCUT2D eigenvalue weighted by molar-refractivity contribution is -0.136. The molecule has 0 bridgehead atoms. The fourth-order valence-electron chi connectivity index (χ4n) is 3.21. The zero-order valence-electron chi connectivity index (χ0n) is 15.0. The SMILES string of the molecule is COc1ccccc1CN(CCc1ccc(F)cc1)C(=O)C1CCOC1. The van der Waals surface area contributed by atoms with E-state index < -0.39 is 0 Å². The maximum atomic E-state index is 13.1. The molecule has 1 unspecified atom stereocenters. The van der Waals surface area contributed by atoms with Gasteiger partial charge in [-0.15, -0.1) is 0 Å². The van der Waals surface area contributed by atoms with Gasteiger partial charge in [0.05, 0.1) is 19.6 Å². The molecule has 1 amide bonds. The summed E-state index contributed by atoms with van der Waals surface area (Å²) in [7, 11) is 1.63. The first-order valence-electron chi connectivity index (χ1n) is 8.90. The van der Waals surface area contributed by atoms with Gasteiger partial charge < -0.3 is 14.4 Å². The van der Waals surface area contributed by atoms with Crippen molar-refractivity contribution in [1.82, 2.24) is 4.90 Å². The molecule has 0 radical (unpaired) electrons. The summed E-state index contributed by atoms with van der Waals surface area (Å²) in [5, 5.41) is 0. The molecule has 1 heterocycles. The van der Waals surface area contributed by atoms with Crippen LogP contribution in [0.5, 0.6) is 5.75 Å². The number of amides is 1. The third-order valence-corrected chi connectivity index (χ3v) is 4.73. The topological polar surface area (TPSA) is 38.8 Å². The Kier molecular flexibility index (Phi) is 6.23. The van der Waals surface area contributed by atoms with Crippen LogP contribution in [0, 0.1) is 11.7 Å². The quantitative estimate of drug-likeness (QED) is 0.762. The van der Waals surface area contributed by atoms with Crippen LogP contribution in [-0.4, -0.2) is 37.7 Å². The van der Waals surface area contributed by atoms with Gasteiger partial charge in [0.1, 0.15) is 11.6 Å². The van der Waals surface area contributed by atoms with E-state index in [1.54, 1.807) is 19.2 Å². The Labute approximate surface area is 153 Å². The number of hydrogen-bond donors (Lipinski definition) is 0. The minimum absolute atomic E-state index is 0.0853. The molecular weight excluding hydrogens is 333 g/mol. The number of nitrogens with zero attached hydrogens (tertiary/aromatic N) is 1. The molecule has 1 fully saturated rings. The molecule has 1 aliphatic rings. The zero-order chi connectivity index (χ0) is 18.4. The number of methoxy groups -OCH3 is 1. The second kappa shape index (κ2) is 8.81. The van der Waals surface area contributed by atoms with Crippen LogP contribution in [0.2, 0.25) is 0 Å². The van der Waals surface area contributed by atoms with Crippen molar-refractivity contribution in [3.63, 3.8) is 0 Å². The molecule has 2 aromatic carbocycles. The highest BCUT2D eigenvalue weighted by molar-refractivity contribution is 5.79. The first kappa shape index (κ1) is 18.4. The Balaban J connectivity index is 1.74. The van der Waals surface area contributed by atoms with Gasteiger partial charge in [0.25, 0.3) is 0 Å². The molecule has 0 N–H and O–H groups in total. The average Bonchev–Trinajstić information content (AvgIpc) is 3.21. The number of halogens is 1. The van der Waals surface area contributed by atoms with Crippen LogP contribution in [0.25, 0.3) is 0 Å². The minimum Gasteiger partial charge on any atom is -0.496 e. The molecule has 0 spiro atoms. The molecule has 0 aliphatic carbocycles. The molecule has 1 aliphatic heterocycles. The summed E-state index contributed by atoms with van der Waals surface area (Å²) in [6.45, 7) is 2.17. The van der Waals surface area contributed by atoms with Gasteiger partial charge in [-0.25, -0.2) is 4.39 Å². The maximum Gasteiger partial charge on any atom is 0.228 e. The van der Waals surface area contributed by atoms with Crippen LogP contribution < -0.4 is 4.74 Å². The van der Waals surface area contributed by atoms with Gasteiger partial charge in [-0.2, -0.15) is 0 Å². The van der Waals surface area contributed by atoms with Crippen molar-refractivity contribution in [2.45, 2.75) is 19.4 Å². The molecule has 3 rings (SSSR count). The predicted molar refractivity (Wildman–Crippen MR) is 97.4 cm³/mol. The second-order valence-electron chi connectivity index (χ2n) is 6.51. The van der Waals surface area contributed by atoms with E-state index in [2.05, 4.69) is 0 Å². The normalized spacial score (nSPS) is 16.5. The standard InChI is InChI=1S/C21H24FNO3/c1-25-20-5-3-2-4-17(20)14-23(21(24)18-11-13-26-15-18)12-10-16-6-8-19(22)9-7-16/h2-9,18H,10-15H2,1H3. The molecule has 2 aromatic rings. The van der Waals surface area contributed by atoms with Gasteiger partial charge in [-0.05, 0) is 36.6 Å². The molecule has 0 aromatic heterocycles. The van der Waals surface area contributed by atoms with Crippen LogP contribution >= 0.6 is 0 Å². The van der Waals surface area contributed by atoms with E-state index >= 15 is 0 Å². The summed E-state index contributed by atoms with van der Waals surface area (Å²) in [4.78, 5) is 14.8. The summed E-state index contributed by atoms with van der Waals surface area (Å²) >= 11 is 0. The summed E-state index contributed by atoms with van der Waals surface area (Å²) in [6.07, 6.45) is 1.44. The number of rotatable bonds is 7. The van der Waals surface area contributed by atoms with E-state index in [-0.39, 0.29) is 17.6 Å². The Bertz CT molecular complexity index is 726. The van der Waals surface area contributed by atoms with Crippen LogP contribution in [0.3, 0.4) is 0 Å². The van der Waals surface area contributed by atoms with Gasteiger partial charge in [-0.3, -0.25) is 4.79 Å². The number of carbonyl (C=O) groups excluding carboxylic acids is 1. The fourth-order valence-corrected chi connectivity index (χ4v) is 3.21. The molecule has 1 saturated heterocycles. The van der Waals surface area contributed by atoms with Crippen molar-refractivity contribution >= 4 is 5.91 Å². The van der Waals surface area contributed by atoms with Gasteiger partial charge >= 0.3 is 0 Å². The molecular formula is C21H24FNO3. The highest BCUT2D eigenvalue weighted by Gasteiger charge is 2.28. The van der Waals surface area contributed by atoms with Gasteiger partial charge in [0.2, 0.25) is 5.91 Å². The van der Waals surface area contributed by atoms with E-state index in [1.807, 2.05) is 29.2 Å². The van der Waals surface area contributed by atoms with Crippen LogP contribution in [0.4, 0.5) is 4.39 Å². The highest BCUT2D eigenvalue weighted by atomic mass is 19.1. The Morgan fingerprint density at radius 3 is 2.69 bits per heavy atom. The monoisotopic (exact) mass is 357 g/mol. The molecule has 26 heavy (non-hydrogen) atoms. The Morgan fingerprint density at radius 2 is 2.00 bits per heavy atom. The lowest BCUT2D eigenvalue weighted by atomic mass is 10.1. The third-order valence-electron chi connectivity index (χ3n) is 4.73. The van der Waals surface area contributed by atoms with Gasteiger partial charge in [0.15, 0.2) is 0 Å². The molecule has 0 saturated carbocycles. The minimum atomic E-state index is -0.251. The van der Waals surface area contributed by atoms with Crippen LogP contribution in [-0.2, 0) is 22.5 Å². The highest BCUT2D eigenvalue weighted by Crippen LogP contribution is 2.22. The van der Waals surface area contributed by atoms with E-state index in [4.69, 9.17) is 9.47 Å². The first-order valence-corrected chi connectivity index (χ1v) is 8.90. The molecule has 1 atom stereocenters. The fraction of sp³-hybridized carbons (Fsp3) is 0.381. The van der Waals surface area contributed by atoms with E-state index in [1.165, 1.54) is 12.1 Å². The maximum absolute atomic E-state index is 13.1. The summed E-state index contributed by atoms with van der Waals surface area (Å²) < 4.78 is 23.9. The molecule has 5 heteroatoms. The number of ether oxygens (including phenoxy) is 2. The lowest BCUT2D eigenvalue weighted by Crippen LogP contribution is -2.37. The number of hydrogen-bond acceptors (Lipinski definition) is 3. The number of para-hydroxylation sites is 1. The largest absolute Gasteiger partial charge is 0.496 e. The second-order valence-corrected chi connectivity index (χ2v) is 6.51. The van der Waals surface area contributed by atoms with Crippen molar-refractivity contribution in [3.05, 3.63) is 65.5 Å². The first-order chi connectivity index (χ1) is 12.7. The van der Waals surface area contributed by atoms with Crippen molar-refractivity contribution in [2.24, 2.45) is 5.92 Å². The van der Waals surface area contributed by atoms with Crippen LogP contribution in [0.1, 0.15) is 17.5 Å². The Morgan fingerprint density at radius 1 is 1.23 bits per heavy atom. The summed E-state index contributed by atoms with van der Waals surface area (Å²) in [6, 6.07) is 14.2. The van der Waals surface area contributed by atoms with E-state index in [0.717, 1.165) is 23.3 Å². The van der Waals surface area contributed by atoms with Gasteiger partial charge in [-0.1, -0.05) is 30.3 Å².